The number of phenols is 1. The summed E-state index contributed by atoms with van der Waals surface area (Å²) in [6, 6.07) is 15.0. The summed E-state index contributed by atoms with van der Waals surface area (Å²) >= 11 is 1.47. The van der Waals surface area contributed by atoms with Gasteiger partial charge in [0, 0.05) is 11.8 Å². The maximum absolute atomic E-state index is 9.57. The fraction of sp³-hybridized carbons (Fsp3) is 0.0667. The van der Waals surface area contributed by atoms with Crippen LogP contribution in [0.1, 0.15) is 11.1 Å². The number of nitrogens with zero attached hydrogens (tertiary/aromatic N) is 1. The molecule has 1 N–H and O–H groups in total. The standard InChI is InChI=1S/C14H13NO.CH3.ClH.Ti/c1-11-6-2-4-8-13(11)15-10-12-7-3-5-9-14(12)16;;;/h2-10,16H,1H3;1H3;1H;/q;-1;;+2/p-1. The average molecular weight is 310 g/mol. The summed E-state index contributed by atoms with van der Waals surface area (Å²) < 4.78 is 0. The monoisotopic (exact) mass is 309 g/mol. The summed E-state index contributed by atoms with van der Waals surface area (Å²) in [7, 11) is 4.64. The van der Waals surface area contributed by atoms with Crippen LogP contribution in [0.5, 0.6) is 5.75 Å². The van der Waals surface area contributed by atoms with Gasteiger partial charge in [0.1, 0.15) is 5.75 Å². The Hall–Kier alpha value is -1.09. The first-order chi connectivity index (χ1) is 8.77. The molecule has 0 heterocycles. The van der Waals surface area contributed by atoms with Gasteiger partial charge in [-0.05, 0) is 30.7 Å². The van der Waals surface area contributed by atoms with Crippen LogP contribution in [-0.2, 0) is 19.4 Å². The molecule has 19 heavy (non-hydrogen) atoms. The fourth-order valence-electron chi connectivity index (χ4n) is 1.44. The van der Waals surface area contributed by atoms with E-state index in [-0.39, 0.29) is 13.2 Å². The van der Waals surface area contributed by atoms with Crippen LogP contribution in [-0.4, -0.2) is 11.3 Å². The Kier molecular flexibility index (Phi) is 9.23. The van der Waals surface area contributed by atoms with E-state index in [4.69, 9.17) is 0 Å². The second-order valence-electron chi connectivity index (χ2n) is 3.60. The number of para-hydroxylation sites is 2. The van der Waals surface area contributed by atoms with E-state index < -0.39 is 0 Å². The molecule has 0 aromatic heterocycles. The zero-order chi connectivity index (χ0) is 13.4. The molecule has 4 heteroatoms. The number of hydrogen-bond acceptors (Lipinski definition) is 2. The van der Waals surface area contributed by atoms with Gasteiger partial charge in [-0.2, -0.15) is 0 Å². The van der Waals surface area contributed by atoms with Crippen LogP contribution in [0.2, 0.25) is 0 Å². The average Bonchev–Trinajstić information content (AvgIpc) is 2.42. The molecule has 2 aromatic rings. The predicted octanol–water partition coefficient (Wildman–Crippen LogP) is 4.59. The molecule has 0 aliphatic heterocycles. The zero-order valence-corrected chi connectivity index (χ0v) is 13.3. The van der Waals surface area contributed by atoms with E-state index in [9.17, 15) is 5.11 Å². The molecule has 0 saturated heterocycles. The van der Waals surface area contributed by atoms with Gasteiger partial charge in [-0.25, -0.2) is 0 Å². The van der Waals surface area contributed by atoms with Gasteiger partial charge in [0.05, 0.1) is 5.69 Å². The fourth-order valence-corrected chi connectivity index (χ4v) is 1.44. The van der Waals surface area contributed by atoms with Crippen molar-refractivity contribution in [3.63, 3.8) is 0 Å². The second kappa shape index (κ2) is 9.79. The Bertz CT molecular complexity index is 482. The van der Waals surface area contributed by atoms with E-state index in [1.807, 2.05) is 43.3 Å². The van der Waals surface area contributed by atoms with Crippen LogP contribution >= 0.6 is 9.30 Å². The van der Waals surface area contributed by atoms with E-state index in [1.165, 1.54) is 19.4 Å². The molecule has 0 fully saturated rings. The normalized spacial score (nSPS) is 9.32. The predicted molar refractivity (Wildman–Crippen MR) is 78.8 cm³/mol. The van der Waals surface area contributed by atoms with Gasteiger partial charge in [0.2, 0.25) is 0 Å². The maximum atomic E-state index is 9.57. The molecule has 0 aliphatic rings. The summed E-state index contributed by atoms with van der Waals surface area (Å²) in [5.74, 6) is 0.250. The molecule has 0 aliphatic carbocycles. The third-order valence-corrected chi connectivity index (χ3v) is 2.39. The molecule has 0 atom stereocenters. The van der Waals surface area contributed by atoms with Crippen molar-refractivity contribution in [3.05, 3.63) is 67.1 Å². The summed E-state index contributed by atoms with van der Waals surface area (Å²) in [6.45, 7) is 2.01. The van der Waals surface area contributed by atoms with Crippen molar-refractivity contribution in [1.82, 2.24) is 0 Å². The molecule has 2 aromatic carbocycles. The summed E-state index contributed by atoms with van der Waals surface area (Å²) in [6.07, 6.45) is 1.68. The van der Waals surface area contributed by atoms with Gasteiger partial charge < -0.3 is 12.5 Å². The van der Waals surface area contributed by atoms with E-state index in [0.29, 0.717) is 0 Å². The summed E-state index contributed by atoms with van der Waals surface area (Å²) in [5, 5.41) is 9.57. The summed E-state index contributed by atoms with van der Waals surface area (Å²) in [5.41, 5.74) is 2.77. The minimum absolute atomic E-state index is 0. The molecule has 0 saturated carbocycles. The van der Waals surface area contributed by atoms with Crippen LogP contribution in [0, 0.1) is 14.4 Å². The molecule has 0 bridgehead atoms. The number of phenolic OH excluding ortho intramolecular Hbond substituents is 1. The van der Waals surface area contributed by atoms with Gasteiger partial charge in [-0.3, -0.25) is 4.99 Å². The molecule has 0 spiro atoms. The zero-order valence-electron chi connectivity index (χ0n) is 11.0. The van der Waals surface area contributed by atoms with E-state index in [1.54, 1.807) is 18.3 Å². The van der Waals surface area contributed by atoms with Gasteiger partial charge in [-0.15, -0.1) is 0 Å². The Balaban J connectivity index is 0.00000103. The van der Waals surface area contributed by atoms with Crippen LogP contribution in [0.4, 0.5) is 5.69 Å². The number of aryl methyl sites for hydroxylation is 1. The minimum atomic E-state index is 0. The van der Waals surface area contributed by atoms with E-state index in [0.717, 1.165) is 16.8 Å². The molecular weight excluding hydrogens is 293 g/mol. The third-order valence-electron chi connectivity index (χ3n) is 2.39. The van der Waals surface area contributed by atoms with Gasteiger partial charge in [0.25, 0.3) is 0 Å². The topological polar surface area (TPSA) is 32.6 Å². The van der Waals surface area contributed by atoms with Crippen molar-refractivity contribution < 1.29 is 24.5 Å². The Morgan fingerprint density at radius 3 is 2.26 bits per heavy atom. The first-order valence-corrected chi connectivity index (χ1v) is 7.49. The number of hydrogen-bond donors (Lipinski definition) is 1. The number of aromatic hydroxyl groups is 1. The molecular formula is C15H16ClNOTi. The molecule has 0 radical (unpaired) electrons. The van der Waals surface area contributed by atoms with Crippen molar-refractivity contribution in [3.8, 4) is 5.75 Å². The van der Waals surface area contributed by atoms with Crippen LogP contribution in [0.3, 0.4) is 0 Å². The number of rotatable bonds is 2. The van der Waals surface area contributed by atoms with Crippen LogP contribution in [0.15, 0.2) is 53.5 Å². The Morgan fingerprint density at radius 1 is 1.05 bits per heavy atom. The SMILES string of the molecule is Cc1ccccc1N=Cc1ccccc1O.[CH3-].[Cl][Ti+]. The van der Waals surface area contributed by atoms with E-state index in [2.05, 4.69) is 14.3 Å². The van der Waals surface area contributed by atoms with Crippen molar-refractivity contribution in [2.24, 2.45) is 4.99 Å². The summed E-state index contributed by atoms with van der Waals surface area (Å²) in [4.78, 5) is 4.35. The molecule has 0 amide bonds. The Labute approximate surface area is 130 Å². The molecule has 2 nitrogen and oxygen atoms in total. The molecule has 98 valence electrons. The quantitative estimate of drug-likeness (QED) is 0.491. The molecule has 0 unspecified atom stereocenters. The van der Waals surface area contributed by atoms with Crippen molar-refractivity contribution in [1.29, 1.82) is 0 Å². The number of halogens is 1. The van der Waals surface area contributed by atoms with Gasteiger partial charge in [-0.1, -0.05) is 30.3 Å². The number of benzene rings is 2. The molecule has 2 rings (SSSR count). The van der Waals surface area contributed by atoms with Crippen LogP contribution in [0.25, 0.3) is 0 Å². The van der Waals surface area contributed by atoms with Crippen molar-refractivity contribution in [2.45, 2.75) is 6.92 Å². The van der Waals surface area contributed by atoms with E-state index >= 15 is 0 Å². The third kappa shape index (κ3) is 5.60. The van der Waals surface area contributed by atoms with Crippen molar-refractivity contribution >= 4 is 21.2 Å². The van der Waals surface area contributed by atoms with Gasteiger partial charge in [0.15, 0.2) is 0 Å². The second-order valence-corrected chi connectivity index (χ2v) is 3.60. The Morgan fingerprint density at radius 2 is 1.63 bits per heavy atom. The van der Waals surface area contributed by atoms with Crippen LogP contribution < -0.4 is 0 Å². The van der Waals surface area contributed by atoms with Crippen molar-refractivity contribution in [2.75, 3.05) is 0 Å². The first kappa shape index (κ1) is 17.9. The number of aliphatic imine (C=N–C) groups is 1. The van der Waals surface area contributed by atoms with Gasteiger partial charge >= 0.3 is 28.7 Å². The first-order valence-electron chi connectivity index (χ1n) is 5.34.